The van der Waals surface area contributed by atoms with Crippen LogP contribution >= 0.6 is 0 Å². The van der Waals surface area contributed by atoms with Gasteiger partial charge in [-0.2, -0.15) is 0 Å². The van der Waals surface area contributed by atoms with Crippen molar-refractivity contribution in [3.05, 3.63) is 36.0 Å². The third-order valence-electron chi connectivity index (χ3n) is 6.52. The van der Waals surface area contributed by atoms with Crippen LogP contribution in [0.2, 0.25) is 0 Å². The normalized spacial score (nSPS) is 20.8. The third-order valence-corrected chi connectivity index (χ3v) is 8.56. The van der Waals surface area contributed by atoms with Crippen molar-refractivity contribution in [1.82, 2.24) is 15.0 Å². The zero-order valence-electron chi connectivity index (χ0n) is 19.1. The van der Waals surface area contributed by atoms with E-state index in [1.165, 1.54) is 6.26 Å². The number of aromatic nitrogens is 3. The summed E-state index contributed by atoms with van der Waals surface area (Å²) in [4.78, 5) is 16.2. The first-order chi connectivity index (χ1) is 15.6. The van der Waals surface area contributed by atoms with Crippen LogP contribution in [0.4, 0.5) is 11.6 Å². The molecule has 2 aromatic heterocycles. The fourth-order valence-electron chi connectivity index (χ4n) is 4.32. The molecule has 1 aromatic carbocycles. The van der Waals surface area contributed by atoms with Crippen LogP contribution in [-0.2, 0) is 19.3 Å². The Bertz CT molecular complexity index is 1360. The van der Waals surface area contributed by atoms with Crippen molar-refractivity contribution in [2.45, 2.75) is 37.6 Å². The molecule has 3 aromatic rings. The second-order valence-corrected chi connectivity index (χ2v) is 11.8. The van der Waals surface area contributed by atoms with Gasteiger partial charge in [0.25, 0.3) is 0 Å². The highest BCUT2D eigenvalue weighted by atomic mass is 32.2. The van der Waals surface area contributed by atoms with Gasteiger partial charge in [0.05, 0.1) is 30.8 Å². The molecule has 174 valence electrons. The topological polar surface area (TPSA) is 121 Å². The van der Waals surface area contributed by atoms with Gasteiger partial charge in [-0.05, 0) is 51.1 Å². The molecule has 2 aliphatic rings. The minimum Gasteiger partial charge on any atom is -0.486 e. The third kappa shape index (κ3) is 3.57. The highest BCUT2D eigenvalue weighted by molar-refractivity contribution is 7.91. The van der Waals surface area contributed by atoms with E-state index in [9.17, 15) is 8.42 Å². The summed E-state index contributed by atoms with van der Waals surface area (Å²) >= 11 is 0. The second-order valence-electron chi connectivity index (χ2n) is 9.23. The number of morpholine rings is 1. The summed E-state index contributed by atoms with van der Waals surface area (Å²) in [5.41, 5.74) is 7.69. The summed E-state index contributed by atoms with van der Waals surface area (Å²) in [6.45, 7) is 6.84. The lowest BCUT2D eigenvalue weighted by Crippen LogP contribution is -2.56. The number of fused-ring (bicyclic) bond motifs is 4. The number of benzene rings is 1. The van der Waals surface area contributed by atoms with Crippen LogP contribution in [-0.4, -0.2) is 61.5 Å². The molecular formula is C23H27N5O4S. The number of sulfone groups is 1. The van der Waals surface area contributed by atoms with E-state index in [4.69, 9.17) is 25.2 Å². The number of nitrogens with two attached hydrogens (primary N) is 1. The largest absolute Gasteiger partial charge is 0.486 e. The van der Waals surface area contributed by atoms with Crippen LogP contribution < -0.4 is 15.4 Å². The predicted molar refractivity (Wildman–Crippen MR) is 127 cm³/mol. The van der Waals surface area contributed by atoms with Gasteiger partial charge in [0.15, 0.2) is 27.2 Å². The number of hydrogen-bond acceptors (Lipinski definition) is 9. The number of nitrogen functional groups attached to an aromatic ring is 1. The molecule has 9 nitrogen and oxygen atoms in total. The summed E-state index contributed by atoms with van der Waals surface area (Å²) in [6.07, 6.45) is 1.22. The van der Waals surface area contributed by atoms with Crippen molar-refractivity contribution >= 4 is 32.4 Å². The Morgan fingerprint density at radius 1 is 1.09 bits per heavy atom. The Morgan fingerprint density at radius 2 is 1.88 bits per heavy atom. The van der Waals surface area contributed by atoms with Gasteiger partial charge in [-0.15, -0.1) is 0 Å². The van der Waals surface area contributed by atoms with E-state index in [-0.39, 0.29) is 12.1 Å². The average Bonchev–Trinajstić information content (AvgIpc) is 2.77. The van der Waals surface area contributed by atoms with Crippen LogP contribution in [0.1, 0.15) is 26.5 Å². The smallest absolute Gasteiger partial charge is 0.185 e. The molecule has 10 heteroatoms. The molecule has 2 aliphatic heterocycles. The Kier molecular flexibility index (Phi) is 4.98. The highest BCUT2D eigenvalue weighted by Gasteiger charge is 2.43. The lowest BCUT2D eigenvalue weighted by atomic mass is 10.0. The van der Waals surface area contributed by atoms with Crippen LogP contribution in [0, 0.1) is 0 Å². The fourth-order valence-corrected chi connectivity index (χ4v) is 4.81. The number of anilines is 2. The molecule has 0 spiro atoms. The molecule has 33 heavy (non-hydrogen) atoms. The molecule has 4 heterocycles. The lowest BCUT2D eigenvalue weighted by molar-refractivity contribution is 0.0482. The van der Waals surface area contributed by atoms with Gasteiger partial charge in [-0.25, -0.2) is 23.4 Å². The summed E-state index contributed by atoms with van der Waals surface area (Å²) in [5, 5.41) is 0.890. The van der Waals surface area contributed by atoms with E-state index in [2.05, 4.69) is 16.8 Å². The van der Waals surface area contributed by atoms with Gasteiger partial charge in [0, 0.05) is 17.2 Å². The molecule has 0 saturated carbocycles. The Morgan fingerprint density at radius 3 is 2.64 bits per heavy atom. The first kappa shape index (κ1) is 21.8. The van der Waals surface area contributed by atoms with Crippen LogP contribution in [0.5, 0.6) is 5.75 Å². The Hall–Kier alpha value is -2.98. The minimum atomic E-state index is -3.51. The van der Waals surface area contributed by atoms with Crippen LogP contribution in [0.25, 0.3) is 22.3 Å². The molecule has 2 atom stereocenters. The van der Waals surface area contributed by atoms with Gasteiger partial charge in [0.1, 0.15) is 22.9 Å². The van der Waals surface area contributed by atoms with Crippen molar-refractivity contribution in [2.24, 2.45) is 0 Å². The maximum absolute atomic E-state index is 12.8. The molecule has 2 N–H and O–H groups in total. The van der Waals surface area contributed by atoms with E-state index in [1.807, 2.05) is 24.3 Å². The number of ether oxygens (including phenoxy) is 2. The van der Waals surface area contributed by atoms with Gasteiger partial charge in [0.2, 0.25) is 0 Å². The fraction of sp³-hybridized carbons (Fsp3) is 0.435. The summed E-state index contributed by atoms with van der Waals surface area (Å²) in [6, 6.07) is 9.37. The van der Waals surface area contributed by atoms with Crippen molar-refractivity contribution in [2.75, 3.05) is 36.7 Å². The average molecular weight is 470 g/mol. The van der Waals surface area contributed by atoms with Gasteiger partial charge in [-0.3, -0.25) is 0 Å². The number of rotatable bonds is 3. The molecule has 1 saturated heterocycles. The molecule has 0 aliphatic carbocycles. The molecule has 0 bridgehead atoms. The maximum Gasteiger partial charge on any atom is 0.185 e. The zero-order chi connectivity index (χ0) is 23.5. The van der Waals surface area contributed by atoms with Crippen LogP contribution in [0.15, 0.2) is 30.3 Å². The Balaban J connectivity index is 1.75. The van der Waals surface area contributed by atoms with Crippen LogP contribution in [0.3, 0.4) is 0 Å². The van der Waals surface area contributed by atoms with Crippen molar-refractivity contribution in [3.8, 4) is 17.1 Å². The minimum absolute atomic E-state index is 0.00183. The van der Waals surface area contributed by atoms with Gasteiger partial charge >= 0.3 is 0 Å². The lowest BCUT2D eigenvalue weighted by Gasteiger charge is -2.45. The summed E-state index contributed by atoms with van der Waals surface area (Å²) in [7, 11) is -3.51. The summed E-state index contributed by atoms with van der Waals surface area (Å²) < 4.78 is 36.1. The van der Waals surface area contributed by atoms with Crippen molar-refractivity contribution < 1.29 is 17.9 Å². The predicted octanol–water partition coefficient (Wildman–Crippen LogP) is 2.54. The monoisotopic (exact) mass is 469 g/mol. The molecule has 0 radical (unpaired) electrons. The molecule has 0 unspecified atom stereocenters. The quantitative estimate of drug-likeness (QED) is 0.617. The first-order valence-corrected chi connectivity index (χ1v) is 12.7. The molecule has 5 rings (SSSR count). The van der Waals surface area contributed by atoms with Gasteiger partial charge < -0.3 is 20.1 Å². The highest BCUT2D eigenvalue weighted by Crippen LogP contribution is 2.44. The zero-order valence-corrected chi connectivity index (χ0v) is 19.9. The number of nitrogens with zero attached hydrogens (tertiary/aromatic N) is 4. The SMILES string of the molecule is C[C@@H]1COC[C@H]2COc3c(nc(-c4ccc5nc(N)ccc5c4)nc3C(C)(C)S(C)(=O)=O)N21. The van der Waals surface area contributed by atoms with E-state index >= 15 is 0 Å². The van der Waals surface area contributed by atoms with E-state index in [1.54, 1.807) is 19.9 Å². The number of hydrogen-bond donors (Lipinski definition) is 1. The van der Waals surface area contributed by atoms with Crippen molar-refractivity contribution in [3.63, 3.8) is 0 Å². The molecule has 1 fully saturated rings. The number of pyridine rings is 1. The van der Waals surface area contributed by atoms with E-state index in [0.717, 1.165) is 16.5 Å². The second kappa shape index (κ2) is 7.53. The molecule has 0 amide bonds. The first-order valence-electron chi connectivity index (χ1n) is 10.8. The maximum atomic E-state index is 12.8. The molecular weight excluding hydrogens is 442 g/mol. The van der Waals surface area contributed by atoms with E-state index < -0.39 is 14.6 Å². The Labute approximate surface area is 192 Å². The standard InChI is InChI=1S/C23H27N5O4S/c1-13-10-31-11-16-12-32-19-20(23(2,3)33(4,29)30)26-21(27-22(19)28(13)16)15-5-7-17-14(9-15)6-8-18(24)25-17/h5-9,13,16H,10-12H2,1-4H3,(H2,24,25)/t13-,16+/m1/s1. The summed E-state index contributed by atoms with van der Waals surface area (Å²) in [5.74, 6) is 1.91. The van der Waals surface area contributed by atoms with E-state index in [0.29, 0.717) is 48.7 Å². The van der Waals surface area contributed by atoms with Gasteiger partial charge in [-0.1, -0.05) is 0 Å². The van der Waals surface area contributed by atoms with Crippen molar-refractivity contribution in [1.29, 1.82) is 0 Å².